The fraction of sp³-hybridized carbons (Fsp3) is 0.462. The summed E-state index contributed by atoms with van der Waals surface area (Å²) in [6.45, 7) is 1.39. The second-order valence-corrected chi connectivity index (χ2v) is 4.12. The highest BCUT2D eigenvalue weighted by Crippen LogP contribution is 2.35. The number of anilines is 1. The zero-order valence-electron chi connectivity index (χ0n) is 10.3. The van der Waals surface area contributed by atoms with E-state index in [1.165, 1.54) is 0 Å². The zero-order valence-corrected chi connectivity index (χ0v) is 10.3. The van der Waals surface area contributed by atoms with Crippen LogP contribution in [0.25, 0.3) is 0 Å². The molecule has 0 radical (unpaired) electrons. The van der Waals surface area contributed by atoms with Crippen LogP contribution < -0.4 is 10.2 Å². The minimum absolute atomic E-state index is 0.129. The van der Waals surface area contributed by atoms with Crippen LogP contribution in [-0.2, 0) is 9.53 Å². The molecule has 1 aliphatic heterocycles. The number of nitrogens with zero attached hydrogens (tertiary/aromatic N) is 1. The molecule has 17 heavy (non-hydrogen) atoms. The lowest BCUT2D eigenvalue weighted by Gasteiger charge is -2.17. The lowest BCUT2D eigenvalue weighted by molar-refractivity contribution is -0.119. The van der Waals surface area contributed by atoms with Gasteiger partial charge < -0.3 is 15.0 Å². The Hall–Kier alpha value is -1.39. The SMILES string of the molecule is CNC1C(=O)N(CCCOC)c2ccccc21. The topological polar surface area (TPSA) is 41.6 Å². The highest BCUT2D eigenvalue weighted by Gasteiger charge is 2.35. The number of rotatable bonds is 5. The third-order valence-corrected chi connectivity index (χ3v) is 3.07. The van der Waals surface area contributed by atoms with Gasteiger partial charge in [0.1, 0.15) is 6.04 Å². The molecule has 0 saturated heterocycles. The normalized spacial score (nSPS) is 18.6. The van der Waals surface area contributed by atoms with Crippen LogP contribution in [0.2, 0.25) is 0 Å². The van der Waals surface area contributed by atoms with E-state index >= 15 is 0 Å². The van der Waals surface area contributed by atoms with E-state index in [2.05, 4.69) is 5.32 Å². The molecule has 0 bridgehead atoms. The van der Waals surface area contributed by atoms with Gasteiger partial charge in [0, 0.05) is 31.5 Å². The Morgan fingerprint density at radius 3 is 2.88 bits per heavy atom. The Bertz CT molecular complexity index is 406. The molecule has 1 heterocycles. The molecular formula is C13H18N2O2. The van der Waals surface area contributed by atoms with E-state index < -0.39 is 0 Å². The monoisotopic (exact) mass is 234 g/mol. The van der Waals surface area contributed by atoms with E-state index in [9.17, 15) is 4.79 Å². The first-order chi connectivity index (χ1) is 8.29. The average molecular weight is 234 g/mol. The van der Waals surface area contributed by atoms with Gasteiger partial charge in [-0.2, -0.15) is 0 Å². The molecule has 0 saturated carbocycles. The summed E-state index contributed by atoms with van der Waals surface area (Å²) >= 11 is 0. The Kier molecular flexibility index (Phi) is 3.76. The molecule has 1 atom stereocenters. The van der Waals surface area contributed by atoms with E-state index in [1.807, 2.05) is 36.2 Å². The lowest BCUT2D eigenvalue weighted by atomic mass is 10.1. The van der Waals surface area contributed by atoms with E-state index in [0.29, 0.717) is 13.2 Å². The first-order valence-electron chi connectivity index (χ1n) is 5.86. The molecule has 0 spiro atoms. The number of likely N-dealkylation sites (N-methyl/N-ethyl adjacent to an activating group) is 1. The highest BCUT2D eigenvalue weighted by atomic mass is 16.5. The van der Waals surface area contributed by atoms with Gasteiger partial charge in [-0.3, -0.25) is 4.79 Å². The summed E-state index contributed by atoms with van der Waals surface area (Å²) in [6, 6.07) is 7.73. The smallest absolute Gasteiger partial charge is 0.248 e. The number of hydrogen-bond donors (Lipinski definition) is 1. The summed E-state index contributed by atoms with van der Waals surface area (Å²) < 4.78 is 5.02. The number of hydrogen-bond acceptors (Lipinski definition) is 3. The quantitative estimate of drug-likeness (QED) is 0.781. The first-order valence-corrected chi connectivity index (χ1v) is 5.86. The van der Waals surface area contributed by atoms with E-state index in [1.54, 1.807) is 7.11 Å². The van der Waals surface area contributed by atoms with Gasteiger partial charge in [0.05, 0.1) is 0 Å². The molecule has 4 heteroatoms. The first kappa shape index (κ1) is 12.1. The highest BCUT2D eigenvalue weighted by molar-refractivity contribution is 6.04. The van der Waals surface area contributed by atoms with E-state index in [-0.39, 0.29) is 11.9 Å². The lowest BCUT2D eigenvalue weighted by Crippen LogP contribution is -2.34. The standard InChI is InChI=1S/C13H18N2O2/c1-14-12-10-6-3-4-7-11(10)15(13(12)16)8-5-9-17-2/h3-4,6-7,12,14H,5,8-9H2,1-2H3. The van der Waals surface area contributed by atoms with Crippen molar-refractivity contribution in [3.8, 4) is 0 Å². The van der Waals surface area contributed by atoms with Gasteiger partial charge in [-0.1, -0.05) is 18.2 Å². The summed E-state index contributed by atoms with van der Waals surface area (Å²) in [5.41, 5.74) is 2.09. The Balaban J connectivity index is 2.20. The molecule has 92 valence electrons. The summed E-state index contributed by atoms with van der Waals surface area (Å²) in [6.07, 6.45) is 0.854. The number of fused-ring (bicyclic) bond motifs is 1. The molecule has 1 N–H and O–H groups in total. The predicted octanol–water partition coefficient (Wildman–Crippen LogP) is 1.33. The van der Waals surface area contributed by atoms with Gasteiger partial charge in [0.15, 0.2) is 0 Å². The number of nitrogens with one attached hydrogen (secondary N) is 1. The minimum Gasteiger partial charge on any atom is -0.385 e. The number of carbonyl (C=O) groups is 1. The largest absolute Gasteiger partial charge is 0.385 e. The van der Waals surface area contributed by atoms with Crippen molar-refractivity contribution < 1.29 is 9.53 Å². The number of ether oxygens (including phenoxy) is 1. The maximum Gasteiger partial charge on any atom is 0.248 e. The van der Waals surface area contributed by atoms with Gasteiger partial charge in [-0.15, -0.1) is 0 Å². The van der Waals surface area contributed by atoms with E-state index in [4.69, 9.17) is 4.74 Å². The number of benzene rings is 1. The van der Waals surface area contributed by atoms with Crippen molar-refractivity contribution in [2.75, 3.05) is 32.2 Å². The Morgan fingerprint density at radius 1 is 1.41 bits per heavy atom. The predicted molar refractivity (Wildman–Crippen MR) is 67.1 cm³/mol. The molecule has 2 rings (SSSR count). The van der Waals surface area contributed by atoms with Crippen LogP contribution in [0, 0.1) is 0 Å². The number of para-hydroxylation sites is 1. The molecular weight excluding hydrogens is 216 g/mol. The van der Waals surface area contributed by atoms with Crippen LogP contribution in [0.1, 0.15) is 18.0 Å². The fourth-order valence-corrected chi connectivity index (χ4v) is 2.26. The maximum atomic E-state index is 12.2. The van der Waals surface area contributed by atoms with Gasteiger partial charge in [0.25, 0.3) is 0 Å². The molecule has 1 unspecified atom stereocenters. The number of amides is 1. The fourth-order valence-electron chi connectivity index (χ4n) is 2.26. The Morgan fingerprint density at radius 2 is 2.18 bits per heavy atom. The van der Waals surface area contributed by atoms with Crippen LogP contribution in [0.3, 0.4) is 0 Å². The second-order valence-electron chi connectivity index (χ2n) is 4.12. The summed E-state index contributed by atoms with van der Waals surface area (Å²) in [7, 11) is 3.49. The average Bonchev–Trinajstić information content (AvgIpc) is 2.62. The van der Waals surface area contributed by atoms with Crippen molar-refractivity contribution in [1.29, 1.82) is 0 Å². The van der Waals surface area contributed by atoms with Crippen molar-refractivity contribution in [2.24, 2.45) is 0 Å². The zero-order chi connectivity index (χ0) is 12.3. The summed E-state index contributed by atoms with van der Waals surface area (Å²) in [5.74, 6) is 0.129. The molecule has 0 aliphatic carbocycles. The van der Waals surface area contributed by atoms with Crippen molar-refractivity contribution in [1.82, 2.24) is 5.32 Å². The van der Waals surface area contributed by atoms with Gasteiger partial charge in [0.2, 0.25) is 5.91 Å². The second kappa shape index (κ2) is 5.29. The van der Waals surface area contributed by atoms with Crippen molar-refractivity contribution in [2.45, 2.75) is 12.5 Å². The van der Waals surface area contributed by atoms with Crippen LogP contribution in [0.5, 0.6) is 0 Å². The van der Waals surface area contributed by atoms with Crippen LogP contribution >= 0.6 is 0 Å². The molecule has 4 nitrogen and oxygen atoms in total. The third-order valence-electron chi connectivity index (χ3n) is 3.07. The molecule has 1 aromatic rings. The van der Waals surface area contributed by atoms with Gasteiger partial charge in [-0.25, -0.2) is 0 Å². The molecule has 0 fully saturated rings. The third kappa shape index (κ3) is 2.18. The van der Waals surface area contributed by atoms with Crippen molar-refractivity contribution >= 4 is 11.6 Å². The van der Waals surface area contributed by atoms with Gasteiger partial charge in [-0.05, 0) is 19.5 Å². The minimum atomic E-state index is -0.200. The Labute approximate surface area is 102 Å². The number of methoxy groups -OCH3 is 1. The van der Waals surface area contributed by atoms with Gasteiger partial charge >= 0.3 is 0 Å². The van der Waals surface area contributed by atoms with E-state index in [0.717, 1.165) is 17.7 Å². The molecule has 1 aliphatic rings. The van der Waals surface area contributed by atoms with Crippen LogP contribution in [-0.4, -0.2) is 33.2 Å². The number of carbonyl (C=O) groups excluding carboxylic acids is 1. The molecule has 1 aromatic carbocycles. The van der Waals surface area contributed by atoms with Crippen LogP contribution in [0.15, 0.2) is 24.3 Å². The summed E-state index contributed by atoms with van der Waals surface area (Å²) in [5, 5.41) is 3.07. The van der Waals surface area contributed by atoms with Crippen LogP contribution in [0.4, 0.5) is 5.69 Å². The molecule has 1 amide bonds. The summed E-state index contributed by atoms with van der Waals surface area (Å²) in [4.78, 5) is 14.1. The van der Waals surface area contributed by atoms with Crippen molar-refractivity contribution in [3.63, 3.8) is 0 Å². The molecule has 0 aromatic heterocycles. The van der Waals surface area contributed by atoms with Crippen molar-refractivity contribution in [3.05, 3.63) is 29.8 Å². The maximum absolute atomic E-state index is 12.2.